The van der Waals surface area contributed by atoms with Crippen molar-refractivity contribution < 1.29 is 24.2 Å². The van der Waals surface area contributed by atoms with E-state index >= 15 is 0 Å². The number of carbonyl (C=O) groups excluding carboxylic acids is 3. The van der Waals surface area contributed by atoms with Crippen molar-refractivity contribution in [2.75, 3.05) is 7.11 Å². The van der Waals surface area contributed by atoms with Crippen molar-refractivity contribution in [2.45, 2.75) is 19.1 Å². The molecule has 1 heterocycles. The Morgan fingerprint density at radius 1 is 1.11 bits per heavy atom. The number of methoxy groups -OCH3 is 1. The predicted molar refractivity (Wildman–Crippen MR) is 101 cm³/mol. The van der Waals surface area contributed by atoms with Crippen LogP contribution in [0.3, 0.4) is 0 Å². The summed E-state index contributed by atoms with van der Waals surface area (Å²) >= 11 is 0. The number of rotatable bonds is 4. The summed E-state index contributed by atoms with van der Waals surface area (Å²) in [5, 5.41) is 11.8. The number of carbonyl (C=O) groups is 3. The zero-order chi connectivity index (χ0) is 20.3. The van der Waals surface area contributed by atoms with E-state index in [9.17, 15) is 19.5 Å². The van der Waals surface area contributed by atoms with Gasteiger partial charge in [0, 0.05) is 11.6 Å². The lowest BCUT2D eigenvalue weighted by Crippen LogP contribution is -2.65. The van der Waals surface area contributed by atoms with Gasteiger partial charge in [-0.1, -0.05) is 48.0 Å². The Morgan fingerprint density at radius 3 is 2.36 bits per heavy atom. The van der Waals surface area contributed by atoms with Crippen LogP contribution in [0.5, 0.6) is 0 Å². The topological polar surface area (TPSA) is 95.9 Å². The van der Waals surface area contributed by atoms with Gasteiger partial charge in [-0.15, -0.1) is 0 Å². The van der Waals surface area contributed by atoms with Crippen LogP contribution in [-0.2, 0) is 14.3 Å². The largest absolute Gasteiger partial charge is 0.469 e. The molecule has 1 aliphatic rings. The molecule has 0 aromatic heterocycles. The van der Waals surface area contributed by atoms with E-state index in [1.54, 1.807) is 42.5 Å². The molecule has 0 aliphatic carbocycles. The van der Waals surface area contributed by atoms with Crippen molar-refractivity contribution in [2.24, 2.45) is 0 Å². The lowest BCUT2D eigenvalue weighted by Gasteiger charge is -2.41. The molecular weight excluding hydrogens is 360 g/mol. The third kappa shape index (κ3) is 3.65. The molecule has 0 radical (unpaired) electrons. The molecule has 0 bridgehead atoms. The fraction of sp³-hybridized carbons (Fsp3) is 0.190. The maximum Gasteiger partial charge on any atom is 0.310 e. The summed E-state index contributed by atoms with van der Waals surface area (Å²) < 4.78 is 4.59. The summed E-state index contributed by atoms with van der Waals surface area (Å²) in [5.74, 6) is -2.27. The molecule has 1 aliphatic heterocycles. The minimum Gasteiger partial charge on any atom is -0.469 e. The highest BCUT2D eigenvalue weighted by molar-refractivity contribution is 6.09. The molecule has 1 unspecified atom stereocenters. The van der Waals surface area contributed by atoms with Crippen LogP contribution in [0.25, 0.3) is 5.70 Å². The lowest BCUT2D eigenvalue weighted by atomic mass is 9.97. The number of aryl methyl sites for hydroxylation is 1. The van der Waals surface area contributed by atoms with Gasteiger partial charge in [-0.05, 0) is 24.6 Å². The summed E-state index contributed by atoms with van der Waals surface area (Å²) in [5.41, 5.74) is 2.67. The molecule has 2 aromatic rings. The molecule has 0 spiro atoms. The number of aliphatic hydroxyl groups is 1. The zero-order valence-electron chi connectivity index (χ0n) is 15.5. The van der Waals surface area contributed by atoms with Crippen molar-refractivity contribution in [3.63, 3.8) is 0 Å². The third-order valence-corrected chi connectivity index (χ3v) is 4.48. The molecule has 1 atom stereocenters. The van der Waals surface area contributed by atoms with E-state index in [0.29, 0.717) is 11.3 Å². The van der Waals surface area contributed by atoms with Crippen LogP contribution >= 0.6 is 0 Å². The Hall–Kier alpha value is -3.45. The van der Waals surface area contributed by atoms with Gasteiger partial charge in [0.1, 0.15) is 6.42 Å². The summed E-state index contributed by atoms with van der Waals surface area (Å²) in [6.07, 6.45) is 0.480. The standard InChI is InChI=1S/C21H20N2O5/c1-14-8-10-15(11-9-14)17-12-18(24)21(27,13-19(25)28-2)23(22-17)20(26)16-6-4-3-5-7-16/h3-12,22,27H,13H2,1-2H3. The maximum absolute atomic E-state index is 13.0. The monoisotopic (exact) mass is 380 g/mol. The Kier molecular flexibility index (Phi) is 5.28. The number of ketones is 1. The molecule has 2 aromatic carbocycles. The summed E-state index contributed by atoms with van der Waals surface area (Å²) in [6, 6.07) is 15.5. The number of hydrazine groups is 1. The lowest BCUT2D eigenvalue weighted by molar-refractivity contribution is -0.169. The van der Waals surface area contributed by atoms with Gasteiger partial charge in [0.2, 0.25) is 11.5 Å². The first kappa shape index (κ1) is 19.3. The highest BCUT2D eigenvalue weighted by atomic mass is 16.5. The third-order valence-electron chi connectivity index (χ3n) is 4.48. The smallest absolute Gasteiger partial charge is 0.310 e. The van der Waals surface area contributed by atoms with Crippen LogP contribution in [0.2, 0.25) is 0 Å². The Morgan fingerprint density at radius 2 is 1.75 bits per heavy atom. The molecule has 144 valence electrons. The van der Waals surface area contributed by atoms with Crippen LogP contribution in [0, 0.1) is 6.92 Å². The molecule has 3 rings (SSSR count). The minimum absolute atomic E-state index is 0.247. The van der Waals surface area contributed by atoms with Gasteiger partial charge in [-0.3, -0.25) is 19.8 Å². The van der Waals surface area contributed by atoms with E-state index in [-0.39, 0.29) is 5.56 Å². The Balaban J connectivity index is 2.04. The van der Waals surface area contributed by atoms with E-state index < -0.39 is 29.8 Å². The van der Waals surface area contributed by atoms with E-state index in [0.717, 1.165) is 17.7 Å². The first-order valence-electron chi connectivity index (χ1n) is 8.64. The number of hydrogen-bond acceptors (Lipinski definition) is 6. The van der Waals surface area contributed by atoms with Crippen LogP contribution in [0.4, 0.5) is 0 Å². The van der Waals surface area contributed by atoms with Crippen LogP contribution in [-0.4, -0.2) is 40.6 Å². The average molecular weight is 380 g/mol. The van der Waals surface area contributed by atoms with E-state index in [4.69, 9.17) is 0 Å². The SMILES string of the molecule is COC(=O)CC1(O)C(=O)C=C(c2ccc(C)cc2)NN1C(=O)c1ccccc1. The van der Waals surface area contributed by atoms with Gasteiger partial charge in [-0.2, -0.15) is 0 Å². The number of nitrogens with one attached hydrogen (secondary N) is 1. The summed E-state index contributed by atoms with van der Waals surface area (Å²) in [4.78, 5) is 37.6. The highest BCUT2D eigenvalue weighted by Gasteiger charge is 2.49. The van der Waals surface area contributed by atoms with Gasteiger partial charge in [0.25, 0.3) is 5.91 Å². The molecule has 1 amide bonds. The van der Waals surface area contributed by atoms with Gasteiger partial charge in [0.05, 0.1) is 12.8 Å². The maximum atomic E-state index is 13.0. The Bertz CT molecular complexity index is 937. The second kappa shape index (κ2) is 7.66. The van der Waals surface area contributed by atoms with Crippen molar-refractivity contribution in [3.8, 4) is 0 Å². The fourth-order valence-electron chi connectivity index (χ4n) is 2.85. The van der Waals surface area contributed by atoms with Gasteiger partial charge < -0.3 is 9.84 Å². The summed E-state index contributed by atoms with van der Waals surface area (Å²) in [7, 11) is 1.14. The van der Waals surface area contributed by atoms with Crippen molar-refractivity contribution >= 4 is 23.4 Å². The van der Waals surface area contributed by atoms with Crippen LogP contribution in [0.15, 0.2) is 60.7 Å². The fourth-order valence-corrected chi connectivity index (χ4v) is 2.85. The minimum atomic E-state index is -2.41. The van der Waals surface area contributed by atoms with Gasteiger partial charge in [-0.25, -0.2) is 5.01 Å². The molecule has 2 N–H and O–H groups in total. The molecule has 7 heteroatoms. The number of esters is 1. The quantitative estimate of drug-likeness (QED) is 0.786. The van der Waals surface area contributed by atoms with Gasteiger partial charge in [0.15, 0.2) is 0 Å². The summed E-state index contributed by atoms with van der Waals surface area (Å²) in [6.45, 7) is 1.93. The zero-order valence-corrected chi connectivity index (χ0v) is 15.5. The van der Waals surface area contributed by atoms with Crippen LogP contribution in [0.1, 0.15) is 27.9 Å². The number of benzene rings is 2. The number of nitrogens with zero attached hydrogens (tertiary/aromatic N) is 1. The van der Waals surface area contributed by atoms with Crippen LogP contribution < -0.4 is 5.43 Å². The molecule has 0 fully saturated rings. The van der Waals surface area contributed by atoms with E-state index in [1.807, 2.05) is 19.1 Å². The first-order valence-corrected chi connectivity index (χ1v) is 8.64. The molecular formula is C21H20N2O5. The normalized spacial score (nSPS) is 18.9. The number of hydrogen-bond donors (Lipinski definition) is 2. The molecule has 0 saturated heterocycles. The van der Waals surface area contributed by atoms with Crippen molar-refractivity contribution in [3.05, 3.63) is 77.4 Å². The predicted octanol–water partition coefficient (Wildman–Crippen LogP) is 1.82. The Labute approximate surface area is 162 Å². The number of ether oxygens (including phenoxy) is 1. The second-order valence-electron chi connectivity index (χ2n) is 6.48. The first-order chi connectivity index (χ1) is 13.3. The van der Waals surface area contributed by atoms with E-state index in [2.05, 4.69) is 10.2 Å². The van der Waals surface area contributed by atoms with Crippen molar-refractivity contribution in [1.82, 2.24) is 10.4 Å². The molecule has 0 saturated carbocycles. The van der Waals surface area contributed by atoms with E-state index in [1.165, 1.54) is 6.08 Å². The molecule has 28 heavy (non-hydrogen) atoms. The average Bonchev–Trinajstić information content (AvgIpc) is 2.70. The number of amides is 1. The second-order valence-corrected chi connectivity index (χ2v) is 6.48. The highest BCUT2D eigenvalue weighted by Crippen LogP contribution is 2.28. The molecule has 7 nitrogen and oxygen atoms in total. The van der Waals surface area contributed by atoms with Crippen molar-refractivity contribution in [1.29, 1.82) is 0 Å². The van der Waals surface area contributed by atoms with Gasteiger partial charge >= 0.3 is 5.97 Å².